The minimum absolute atomic E-state index is 0. The molecule has 2 heterocycles. The molecule has 1 amide bonds. The van der Waals surface area contributed by atoms with Gasteiger partial charge in [-0.15, -0.1) is 12.4 Å². The quantitative estimate of drug-likeness (QED) is 0.653. The van der Waals surface area contributed by atoms with Crippen molar-refractivity contribution < 1.29 is 14.1 Å². The van der Waals surface area contributed by atoms with Crippen molar-refractivity contribution in [1.82, 2.24) is 15.2 Å². The standard InChI is InChI=1S/C15H15FN4O3.ClH/c16-11-3-1-2-10(6-11)14-9-17-4-5-19(14)15(21)13-7-12(8-18-13)20(22)23;/h1-3,6-8,14,17-18H,4-5,9H2;1H. The Labute approximate surface area is 143 Å². The molecule has 3 rings (SSSR count). The number of aromatic nitrogens is 1. The summed E-state index contributed by atoms with van der Waals surface area (Å²) in [5, 5.41) is 13.9. The van der Waals surface area contributed by atoms with Crippen molar-refractivity contribution >= 4 is 24.0 Å². The van der Waals surface area contributed by atoms with E-state index in [4.69, 9.17) is 0 Å². The van der Waals surface area contributed by atoms with Crippen LogP contribution in [0.15, 0.2) is 36.5 Å². The highest BCUT2D eigenvalue weighted by Gasteiger charge is 2.30. The fourth-order valence-electron chi connectivity index (χ4n) is 2.73. The van der Waals surface area contributed by atoms with Crippen LogP contribution in [0.3, 0.4) is 0 Å². The maximum atomic E-state index is 13.5. The Morgan fingerprint density at radius 1 is 1.38 bits per heavy atom. The van der Waals surface area contributed by atoms with Gasteiger partial charge in [-0.1, -0.05) is 12.1 Å². The number of nitrogens with one attached hydrogen (secondary N) is 2. The zero-order valence-corrected chi connectivity index (χ0v) is 13.4. The lowest BCUT2D eigenvalue weighted by molar-refractivity contribution is -0.384. The molecule has 1 unspecified atom stereocenters. The normalized spacial score (nSPS) is 17.2. The third kappa shape index (κ3) is 3.55. The first kappa shape index (κ1) is 17.9. The molecule has 9 heteroatoms. The number of rotatable bonds is 3. The molecule has 1 aliphatic rings. The molecule has 2 aromatic rings. The van der Waals surface area contributed by atoms with E-state index in [9.17, 15) is 19.3 Å². The monoisotopic (exact) mass is 354 g/mol. The van der Waals surface area contributed by atoms with Gasteiger partial charge < -0.3 is 15.2 Å². The molecular formula is C15H16ClFN4O3. The Kier molecular flexibility index (Phi) is 5.53. The number of carbonyl (C=O) groups is 1. The Morgan fingerprint density at radius 2 is 2.17 bits per heavy atom. The Balaban J connectivity index is 0.00000208. The lowest BCUT2D eigenvalue weighted by Crippen LogP contribution is -2.48. The first-order valence-corrected chi connectivity index (χ1v) is 7.16. The van der Waals surface area contributed by atoms with Crippen molar-refractivity contribution in [2.45, 2.75) is 6.04 Å². The highest BCUT2D eigenvalue weighted by molar-refractivity contribution is 5.93. The molecule has 0 aliphatic carbocycles. The second-order valence-electron chi connectivity index (χ2n) is 5.30. The van der Waals surface area contributed by atoms with Gasteiger partial charge in [0.05, 0.1) is 17.2 Å². The molecule has 0 bridgehead atoms. The van der Waals surface area contributed by atoms with Gasteiger partial charge in [0.15, 0.2) is 0 Å². The number of nitro groups is 1. The average molecular weight is 355 g/mol. The fourth-order valence-corrected chi connectivity index (χ4v) is 2.73. The molecular weight excluding hydrogens is 339 g/mol. The highest BCUT2D eigenvalue weighted by atomic mass is 35.5. The number of aromatic amines is 1. The largest absolute Gasteiger partial charge is 0.351 e. The number of carbonyl (C=O) groups excluding carboxylic acids is 1. The maximum absolute atomic E-state index is 13.5. The third-order valence-corrected chi connectivity index (χ3v) is 3.85. The van der Waals surface area contributed by atoms with Gasteiger partial charge in [-0.2, -0.15) is 0 Å². The molecule has 1 aromatic heterocycles. The molecule has 1 aromatic carbocycles. The summed E-state index contributed by atoms with van der Waals surface area (Å²) in [6, 6.07) is 7.00. The van der Waals surface area contributed by atoms with Crippen LogP contribution in [-0.2, 0) is 0 Å². The van der Waals surface area contributed by atoms with Gasteiger partial charge >= 0.3 is 0 Å². The van der Waals surface area contributed by atoms with Crippen molar-refractivity contribution in [2.24, 2.45) is 0 Å². The number of piperazine rings is 1. The second kappa shape index (κ2) is 7.41. The fraction of sp³-hybridized carbons (Fsp3) is 0.267. The number of amides is 1. The molecule has 1 fully saturated rings. The zero-order valence-electron chi connectivity index (χ0n) is 12.6. The van der Waals surface area contributed by atoms with E-state index in [-0.39, 0.29) is 41.6 Å². The minimum Gasteiger partial charge on any atom is -0.351 e. The van der Waals surface area contributed by atoms with Gasteiger partial charge in [0.25, 0.3) is 11.6 Å². The zero-order chi connectivity index (χ0) is 16.4. The third-order valence-electron chi connectivity index (χ3n) is 3.85. The average Bonchev–Trinajstić information content (AvgIpc) is 3.04. The second-order valence-corrected chi connectivity index (χ2v) is 5.30. The molecule has 7 nitrogen and oxygen atoms in total. The summed E-state index contributed by atoms with van der Waals surface area (Å²) in [6.45, 7) is 1.55. The SMILES string of the molecule is Cl.O=C(c1cc([N+](=O)[O-])c[nH]1)N1CCNCC1c1cccc(F)c1. The molecule has 1 saturated heterocycles. The van der Waals surface area contributed by atoms with E-state index in [1.807, 2.05) is 0 Å². The van der Waals surface area contributed by atoms with E-state index in [2.05, 4.69) is 10.3 Å². The summed E-state index contributed by atoms with van der Waals surface area (Å²) in [5.74, 6) is -0.704. The number of halogens is 2. The first-order valence-electron chi connectivity index (χ1n) is 7.16. The maximum Gasteiger partial charge on any atom is 0.287 e. The number of H-pyrrole nitrogens is 1. The summed E-state index contributed by atoms with van der Waals surface area (Å²) in [4.78, 5) is 27.1. The van der Waals surface area contributed by atoms with E-state index >= 15 is 0 Å². The first-order chi connectivity index (χ1) is 11.1. The van der Waals surface area contributed by atoms with Crippen molar-refractivity contribution in [3.05, 3.63) is 63.7 Å². The summed E-state index contributed by atoms with van der Waals surface area (Å²) < 4.78 is 13.5. The van der Waals surface area contributed by atoms with Crippen LogP contribution in [0, 0.1) is 15.9 Å². The van der Waals surface area contributed by atoms with Crippen LogP contribution in [0.2, 0.25) is 0 Å². The van der Waals surface area contributed by atoms with Crippen LogP contribution in [0.4, 0.5) is 10.1 Å². The lowest BCUT2D eigenvalue weighted by atomic mass is 10.0. The van der Waals surface area contributed by atoms with E-state index in [1.165, 1.54) is 24.4 Å². The molecule has 1 atom stereocenters. The van der Waals surface area contributed by atoms with E-state index < -0.39 is 4.92 Å². The van der Waals surface area contributed by atoms with E-state index in [0.717, 1.165) is 0 Å². The molecule has 0 radical (unpaired) electrons. The predicted molar refractivity (Wildman–Crippen MR) is 87.7 cm³/mol. The van der Waals surface area contributed by atoms with Crippen LogP contribution in [0.5, 0.6) is 0 Å². The molecule has 0 spiro atoms. The predicted octanol–water partition coefficient (Wildman–Crippen LogP) is 2.27. The van der Waals surface area contributed by atoms with Crippen LogP contribution in [0.25, 0.3) is 0 Å². The molecule has 2 N–H and O–H groups in total. The van der Waals surface area contributed by atoms with Gasteiger partial charge in [0, 0.05) is 25.7 Å². The molecule has 128 valence electrons. The molecule has 1 aliphatic heterocycles. The molecule has 0 saturated carbocycles. The number of nitrogens with zero attached hydrogens (tertiary/aromatic N) is 2. The minimum atomic E-state index is -0.560. The lowest BCUT2D eigenvalue weighted by Gasteiger charge is -2.36. The van der Waals surface area contributed by atoms with E-state index in [1.54, 1.807) is 17.0 Å². The summed E-state index contributed by atoms with van der Waals surface area (Å²) >= 11 is 0. The van der Waals surface area contributed by atoms with Gasteiger partial charge in [-0.25, -0.2) is 4.39 Å². The Bertz CT molecular complexity index is 752. The number of hydrogen-bond donors (Lipinski definition) is 2. The van der Waals surface area contributed by atoms with Crippen LogP contribution in [0.1, 0.15) is 22.1 Å². The van der Waals surface area contributed by atoms with Crippen molar-refractivity contribution in [2.75, 3.05) is 19.6 Å². The summed E-state index contributed by atoms with van der Waals surface area (Å²) in [7, 11) is 0. The summed E-state index contributed by atoms with van der Waals surface area (Å²) in [5.41, 5.74) is 0.678. The van der Waals surface area contributed by atoms with Crippen molar-refractivity contribution in [1.29, 1.82) is 0 Å². The molecule has 24 heavy (non-hydrogen) atoms. The van der Waals surface area contributed by atoms with Crippen LogP contribution >= 0.6 is 12.4 Å². The van der Waals surface area contributed by atoms with Gasteiger partial charge in [-0.3, -0.25) is 14.9 Å². The van der Waals surface area contributed by atoms with Gasteiger partial charge in [0.1, 0.15) is 11.5 Å². The van der Waals surface area contributed by atoms with Crippen molar-refractivity contribution in [3.8, 4) is 0 Å². The van der Waals surface area contributed by atoms with Crippen LogP contribution in [-0.4, -0.2) is 40.3 Å². The number of benzene rings is 1. The highest BCUT2D eigenvalue weighted by Crippen LogP contribution is 2.25. The van der Waals surface area contributed by atoms with Crippen molar-refractivity contribution in [3.63, 3.8) is 0 Å². The smallest absolute Gasteiger partial charge is 0.287 e. The van der Waals surface area contributed by atoms with E-state index in [0.29, 0.717) is 25.2 Å². The number of hydrogen-bond acceptors (Lipinski definition) is 4. The van der Waals surface area contributed by atoms with Crippen LogP contribution < -0.4 is 5.32 Å². The summed E-state index contributed by atoms with van der Waals surface area (Å²) in [6.07, 6.45) is 1.19. The van der Waals surface area contributed by atoms with Gasteiger partial charge in [0.2, 0.25) is 0 Å². The Hall–Kier alpha value is -2.45. The van der Waals surface area contributed by atoms with Gasteiger partial charge in [-0.05, 0) is 17.7 Å². The topological polar surface area (TPSA) is 91.3 Å². The Morgan fingerprint density at radius 3 is 2.83 bits per heavy atom.